The molecule has 0 radical (unpaired) electrons. The molecule has 134 valence electrons. The van der Waals surface area contributed by atoms with Crippen LogP contribution in [0.3, 0.4) is 0 Å². The number of nitrogens with zero attached hydrogens (tertiary/aromatic N) is 3. The summed E-state index contributed by atoms with van der Waals surface area (Å²) in [5.41, 5.74) is 0.362. The summed E-state index contributed by atoms with van der Waals surface area (Å²) in [6, 6.07) is 4.01. The molecule has 0 unspecified atom stereocenters. The van der Waals surface area contributed by atoms with E-state index in [9.17, 15) is 22.4 Å². The van der Waals surface area contributed by atoms with Gasteiger partial charge in [-0.2, -0.15) is 18.2 Å². The fourth-order valence-electron chi connectivity index (χ4n) is 2.71. The van der Waals surface area contributed by atoms with Crippen molar-refractivity contribution >= 4 is 5.91 Å². The van der Waals surface area contributed by atoms with Crippen molar-refractivity contribution in [3.8, 4) is 11.4 Å². The zero-order valence-corrected chi connectivity index (χ0v) is 13.1. The summed E-state index contributed by atoms with van der Waals surface area (Å²) >= 11 is 0. The number of rotatable bonds is 3. The Hall–Kier alpha value is -2.45. The van der Waals surface area contributed by atoms with Crippen LogP contribution in [0.5, 0.6) is 0 Å². The largest absolute Gasteiger partial charge is 0.471 e. The molecule has 2 heterocycles. The van der Waals surface area contributed by atoms with Crippen LogP contribution in [0, 0.1) is 5.82 Å². The van der Waals surface area contributed by atoms with Crippen molar-refractivity contribution in [1.82, 2.24) is 15.0 Å². The Labute approximate surface area is 140 Å². The zero-order chi connectivity index (χ0) is 18.0. The molecule has 1 aliphatic rings. The minimum absolute atomic E-state index is 0.0231. The minimum atomic E-state index is -4.78. The Kier molecular flexibility index (Phi) is 4.73. The van der Waals surface area contributed by atoms with Gasteiger partial charge in [0.2, 0.25) is 11.7 Å². The summed E-state index contributed by atoms with van der Waals surface area (Å²) in [5, 5.41) is 3.17. The molecule has 0 bridgehead atoms. The van der Waals surface area contributed by atoms with Gasteiger partial charge in [-0.1, -0.05) is 17.6 Å². The number of carbonyl (C=O) groups excluding carboxylic acids is 1. The Morgan fingerprint density at radius 1 is 1.20 bits per heavy atom. The highest BCUT2D eigenvalue weighted by Gasteiger charge is 2.38. The Balaban J connectivity index is 1.79. The molecule has 0 aliphatic carbocycles. The predicted octanol–water partition coefficient (Wildman–Crippen LogP) is 3.80. The van der Waals surface area contributed by atoms with E-state index in [1.807, 2.05) is 0 Å². The number of likely N-dealkylation sites (tertiary alicyclic amines) is 1. The molecule has 0 spiro atoms. The number of carbonyl (C=O) groups is 1. The fraction of sp³-hybridized carbons (Fsp3) is 0.438. The van der Waals surface area contributed by atoms with Crippen LogP contribution in [0.4, 0.5) is 17.6 Å². The van der Waals surface area contributed by atoms with Crippen LogP contribution in [0.15, 0.2) is 22.7 Å². The Morgan fingerprint density at radius 2 is 2.00 bits per heavy atom. The third-order valence-electron chi connectivity index (χ3n) is 3.99. The first-order valence-electron chi connectivity index (χ1n) is 7.82. The SMILES string of the molecule is O=C1CCCCCN1Cc1ccc(-c2noc(C(F)(F)F)n2)c(F)c1. The minimum Gasteiger partial charge on any atom is -0.338 e. The molecular formula is C16H15F4N3O2. The normalized spacial score (nSPS) is 16.2. The first kappa shape index (κ1) is 17.4. The number of aromatic nitrogens is 2. The highest BCUT2D eigenvalue weighted by atomic mass is 19.4. The maximum atomic E-state index is 14.3. The van der Waals surface area contributed by atoms with E-state index in [0.29, 0.717) is 18.5 Å². The number of halogens is 4. The molecule has 1 aromatic carbocycles. The number of hydrogen-bond acceptors (Lipinski definition) is 4. The van der Waals surface area contributed by atoms with Gasteiger partial charge in [0, 0.05) is 19.5 Å². The van der Waals surface area contributed by atoms with Crippen molar-refractivity contribution in [3.05, 3.63) is 35.5 Å². The summed E-state index contributed by atoms with van der Waals surface area (Å²) in [5.74, 6) is -2.74. The second-order valence-electron chi connectivity index (χ2n) is 5.86. The second-order valence-corrected chi connectivity index (χ2v) is 5.86. The molecule has 1 aromatic heterocycles. The van der Waals surface area contributed by atoms with Crippen molar-refractivity contribution in [3.63, 3.8) is 0 Å². The van der Waals surface area contributed by atoms with Crippen LogP contribution >= 0.6 is 0 Å². The van der Waals surface area contributed by atoms with Gasteiger partial charge in [0.25, 0.3) is 0 Å². The molecule has 3 rings (SSSR count). The van der Waals surface area contributed by atoms with E-state index in [4.69, 9.17) is 0 Å². The van der Waals surface area contributed by atoms with Crippen molar-refractivity contribution in [2.24, 2.45) is 0 Å². The summed E-state index contributed by atoms with van der Waals surface area (Å²) in [7, 11) is 0. The molecule has 1 fully saturated rings. The standard InChI is InChI=1S/C16H15F4N3O2/c17-12-8-10(9-23-7-3-1-2-4-13(23)24)5-6-11(12)14-21-15(25-22-14)16(18,19)20/h5-6,8H,1-4,7,9H2. The average Bonchev–Trinajstić information content (AvgIpc) is 2.95. The van der Waals surface area contributed by atoms with Crippen LogP contribution in [0.2, 0.25) is 0 Å². The van der Waals surface area contributed by atoms with Gasteiger partial charge in [0.15, 0.2) is 0 Å². The lowest BCUT2D eigenvalue weighted by atomic mass is 10.1. The van der Waals surface area contributed by atoms with Gasteiger partial charge in [0.05, 0.1) is 5.56 Å². The fourth-order valence-corrected chi connectivity index (χ4v) is 2.71. The molecule has 2 aromatic rings. The molecule has 0 N–H and O–H groups in total. The average molecular weight is 357 g/mol. The van der Waals surface area contributed by atoms with Crippen molar-refractivity contribution in [1.29, 1.82) is 0 Å². The first-order chi connectivity index (χ1) is 11.8. The summed E-state index contributed by atoms with van der Waals surface area (Å²) < 4.78 is 55.8. The van der Waals surface area contributed by atoms with E-state index in [2.05, 4.69) is 14.7 Å². The topological polar surface area (TPSA) is 59.2 Å². The van der Waals surface area contributed by atoms with Crippen LogP contribution in [0.1, 0.15) is 37.1 Å². The molecular weight excluding hydrogens is 342 g/mol. The molecule has 9 heteroatoms. The van der Waals surface area contributed by atoms with Gasteiger partial charge in [-0.3, -0.25) is 4.79 Å². The maximum Gasteiger partial charge on any atom is 0.471 e. The van der Waals surface area contributed by atoms with Gasteiger partial charge in [-0.25, -0.2) is 4.39 Å². The van der Waals surface area contributed by atoms with E-state index in [1.165, 1.54) is 12.1 Å². The lowest BCUT2D eigenvalue weighted by Crippen LogP contribution is -2.29. The van der Waals surface area contributed by atoms with Crippen LogP contribution < -0.4 is 0 Å². The van der Waals surface area contributed by atoms with Gasteiger partial charge in [-0.15, -0.1) is 0 Å². The Bertz CT molecular complexity index is 773. The molecule has 5 nitrogen and oxygen atoms in total. The van der Waals surface area contributed by atoms with Gasteiger partial charge in [-0.05, 0) is 30.5 Å². The zero-order valence-electron chi connectivity index (χ0n) is 13.1. The van der Waals surface area contributed by atoms with Gasteiger partial charge >= 0.3 is 12.1 Å². The third kappa shape index (κ3) is 3.97. The highest BCUT2D eigenvalue weighted by molar-refractivity contribution is 5.76. The smallest absolute Gasteiger partial charge is 0.338 e. The highest BCUT2D eigenvalue weighted by Crippen LogP contribution is 2.30. The van der Waals surface area contributed by atoms with Crippen LogP contribution in [-0.2, 0) is 17.5 Å². The predicted molar refractivity (Wildman–Crippen MR) is 78.6 cm³/mol. The summed E-state index contributed by atoms with van der Waals surface area (Å²) in [6.07, 6.45) is -1.58. The van der Waals surface area contributed by atoms with E-state index < -0.39 is 23.7 Å². The van der Waals surface area contributed by atoms with E-state index in [1.54, 1.807) is 11.0 Å². The molecule has 1 amide bonds. The van der Waals surface area contributed by atoms with Crippen molar-refractivity contribution < 1.29 is 26.9 Å². The van der Waals surface area contributed by atoms with E-state index in [0.717, 1.165) is 19.3 Å². The van der Waals surface area contributed by atoms with E-state index >= 15 is 0 Å². The molecule has 25 heavy (non-hydrogen) atoms. The van der Waals surface area contributed by atoms with Crippen molar-refractivity contribution in [2.75, 3.05) is 6.54 Å². The second kappa shape index (κ2) is 6.81. The van der Waals surface area contributed by atoms with Crippen molar-refractivity contribution in [2.45, 2.75) is 38.4 Å². The number of alkyl halides is 3. The first-order valence-corrected chi connectivity index (χ1v) is 7.82. The lowest BCUT2D eigenvalue weighted by Gasteiger charge is -2.20. The number of hydrogen-bond donors (Lipinski definition) is 0. The van der Waals surface area contributed by atoms with Gasteiger partial charge in [0.1, 0.15) is 5.82 Å². The van der Waals surface area contributed by atoms with Crippen LogP contribution in [0.25, 0.3) is 11.4 Å². The quantitative estimate of drug-likeness (QED) is 0.784. The van der Waals surface area contributed by atoms with Crippen LogP contribution in [-0.4, -0.2) is 27.5 Å². The maximum absolute atomic E-state index is 14.3. The molecule has 0 saturated carbocycles. The summed E-state index contributed by atoms with van der Waals surface area (Å²) in [6.45, 7) is 0.873. The summed E-state index contributed by atoms with van der Waals surface area (Å²) in [4.78, 5) is 16.8. The van der Waals surface area contributed by atoms with E-state index in [-0.39, 0.29) is 18.0 Å². The molecule has 1 aliphatic heterocycles. The van der Waals surface area contributed by atoms with Gasteiger partial charge < -0.3 is 9.42 Å². The third-order valence-corrected chi connectivity index (χ3v) is 3.99. The number of benzene rings is 1. The number of amides is 1. The molecule has 1 saturated heterocycles. The molecule has 0 atom stereocenters. The Morgan fingerprint density at radius 3 is 2.68 bits per heavy atom. The monoisotopic (exact) mass is 357 g/mol. The lowest BCUT2D eigenvalue weighted by molar-refractivity contribution is -0.159.